The van der Waals surface area contributed by atoms with Gasteiger partial charge in [-0.3, -0.25) is 14.5 Å². The van der Waals surface area contributed by atoms with Gasteiger partial charge in [0, 0.05) is 5.69 Å². The van der Waals surface area contributed by atoms with Crippen LogP contribution in [0.1, 0.15) is 16.7 Å². The minimum absolute atomic E-state index is 0.149. The van der Waals surface area contributed by atoms with E-state index in [4.69, 9.17) is 16.3 Å². The van der Waals surface area contributed by atoms with Crippen LogP contribution in [0, 0.1) is 25.2 Å². The first-order valence-corrected chi connectivity index (χ1v) is 12.5. The number of benzene rings is 3. The number of ether oxygens (including phenoxy) is 1. The van der Waals surface area contributed by atoms with Gasteiger partial charge < -0.3 is 10.1 Å². The molecule has 1 saturated heterocycles. The Bertz CT molecular complexity index is 1400. The second-order valence-electron chi connectivity index (χ2n) is 8.33. The number of hydrogen-bond donors (Lipinski definition) is 1. The van der Waals surface area contributed by atoms with Crippen LogP contribution < -0.4 is 15.0 Å². The largest absolute Gasteiger partial charge is 0.497 e. The second kappa shape index (κ2) is 10.9. The van der Waals surface area contributed by atoms with E-state index in [1.165, 1.54) is 16.7 Å². The van der Waals surface area contributed by atoms with Gasteiger partial charge in [-0.15, -0.1) is 0 Å². The number of thioether (sulfide) groups is 1. The van der Waals surface area contributed by atoms with Crippen molar-refractivity contribution < 1.29 is 14.3 Å². The third-order valence-electron chi connectivity index (χ3n) is 5.96. The number of aryl methyl sites for hydroxylation is 2. The topological polar surface area (TPSA) is 82.4 Å². The summed E-state index contributed by atoms with van der Waals surface area (Å²) in [6.45, 7) is 3.95. The molecule has 0 aromatic heterocycles. The molecule has 0 spiro atoms. The van der Waals surface area contributed by atoms with Crippen LogP contribution in [-0.4, -0.2) is 24.2 Å². The maximum absolute atomic E-state index is 13.7. The number of amides is 2. The number of nitrogens with zero attached hydrogens (tertiary/aromatic N) is 2. The third kappa shape index (κ3) is 5.25. The Morgan fingerprint density at radius 1 is 1.11 bits per heavy atom. The van der Waals surface area contributed by atoms with Crippen molar-refractivity contribution in [2.75, 3.05) is 17.3 Å². The molecule has 1 atom stereocenters. The fraction of sp³-hybridized carbons (Fsp3) is 0.179. The predicted octanol–water partition coefficient (Wildman–Crippen LogP) is 6.03. The van der Waals surface area contributed by atoms with Crippen molar-refractivity contribution in [3.05, 3.63) is 99.0 Å². The van der Waals surface area contributed by atoms with Crippen LogP contribution in [0.25, 0.3) is 0 Å². The summed E-state index contributed by atoms with van der Waals surface area (Å²) < 4.78 is 5.22. The molecule has 4 rings (SSSR count). The van der Waals surface area contributed by atoms with E-state index in [2.05, 4.69) is 5.32 Å². The Balaban J connectivity index is 1.74. The lowest BCUT2D eigenvalue weighted by Crippen LogP contribution is -2.31. The van der Waals surface area contributed by atoms with E-state index in [0.717, 1.165) is 22.4 Å². The first-order chi connectivity index (χ1) is 17.3. The number of methoxy groups -OCH3 is 1. The molecule has 0 aliphatic carbocycles. The highest BCUT2D eigenvalue weighted by Crippen LogP contribution is 2.42. The van der Waals surface area contributed by atoms with Crippen LogP contribution in [0.15, 0.2) is 77.3 Å². The summed E-state index contributed by atoms with van der Waals surface area (Å²) in [4.78, 5) is 28.4. The number of nitriles is 1. The fourth-order valence-corrected chi connectivity index (χ4v) is 5.30. The number of nitrogens with one attached hydrogen (secondary N) is 1. The molecule has 3 aromatic carbocycles. The molecule has 1 aliphatic rings. The Morgan fingerprint density at radius 2 is 1.83 bits per heavy atom. The number of hydrogen-bond acceptors (Lipinski definition) is 5. The summed E-state index contributed by atoms with van der Waals surface area (Å²) in [5.41, 5.74) is 3.88. The van der Waals surface area contributed by atoms with E-state index in [1.54, 1.807) is 31.4 Å². The first kappa shape index (κ1) is 25.4. The average Bonchev–Trinajstić information content (AvgIpc) is 3.18. The van der Waals surface area contributed by atoms with Crippen LogP contribution in [0.5, 0.6) is 5.75 Å². The Kier molecular flexibility index (Phi) is 7.68. The lowest BCUT2D eigenvalue weighted by atomic mass is 10.1. The summed E-state index contributed by atoms with van der Waals surface area (Å²) in [6, 6.07) is 22.0. The lowest BCUT2D eigenvalue weighted by molar-refractivity contribution is -0.117. The zero-order chi connectivity index (χ0) is 25.8. The molecular formula is C28H24ClN3O3S. The monoisotopic (exact) mass is 517 g/mol. The molecule has 36 heavy (non-hydrogen) atoms. The maximum Gasteiger partial charge on any atom is 0.269 e. The van der Waals surface area contributed by atoms with Gasteiger partial charge in [-0.25, -0.2) is 0 Å². The first-order valence-electron chi connectivity index (χ1n) is 11.2. The number of rotatable bonds is 6. The van der Waals surface area contributed by atoms with Crippen molar-refractivity contribution >= 4 is 46.6 Å². The minimum Gasteiger partial charge on any atom is -0.497 e. The van der Waals surface area contributed by atoms with Crippen molar-refractivity contribution in [2.24, 2.45) is 0 Å². The van der Waals surface area contributed by atoms with Gasteiger partial charge in [0.25, 0.3) is 5.91 Å². The highest BCUT2D eigenvalue weighted by Gasteiger charge is 2.41. The molecule has 0 unspecified atom stereocenters. The molecule has 1 aliphatic heterocycles. The summed E-state index contributed by atoms with van der Waals surface area (Å²) in [6.07, 6.45) is 0.434. The molecule has 2 amide bonds. The van der Waals surface area contributed by atoms with Gasteiger partial charge in [0.15, 0.2) is 0 Å². The van der Waals surface area contributed by atoms with Crippen LogP contribution >= 0.6 is 23.4 Å². The number of para-hydroxylation sites is 1. The molecule has 182 valence electrons. The third-order valence-corrected chi connectivity index (χ3v) is 7.55. The van der Waals surface area contributed by atoms with Crippen molar-refractivity contribution in [1.29, 1.82) is 5.26 Å². The molecule has 0 bridgehead atoms. The Labute approximate surface area is 219 Å². The molecule has 8 heteroatoms. The van der Waals surface area contributed by atoms with E-state index < -0.39 is 11.2 Å². The molecule has 6 nitrogen and oxygen atoms in total. The normalized spacial score (nSPS) is 16.5. The van der Waals surface area contributed by atoms with E-state index in [-0.39, 0.29) is 11.5 Å². The van der Waals surface area contributed by atoms with Crippen LogP contribution in [0.2, 0.25) is 5.02 Å². The smallest absolute Gasteiger partial charge is 0.269 e. The molecule has 1 fully saturated rings. The number of carbonyl (C=O) groups is 2. The predicted molar refractivity (Wildman–Crippen MR) is 144 cm³/mol. The van der Waals surface area contributed by atoms with Crippen molar-refractivity contribution in [2.45, 2.75) is 25.5 Å². The van der Waals surface area contributed by atoms with E-state index in [9.17, 15) is 14.9 Å². The van der Waals surface area contributed by atoms with Gasteiger partial charge in [-0.2, -0.15) is 5.26 Å². The van der Waals surface area contributed by atoms with Gasteiger partial charge >= 0.3 is 0 Å². The molecule has 1 N–H and O–H groups in total. The Hall–Kier alpha value is -3.73. The van der Waals surface area contributed by atoms with Crippen LogP contribution in [0.3, 0.4) is 0 Å². The van der Waals surface area contributed by atoms with Crippen molar-refractivity contribution in [1.82, 2.24) is 0 Å². The number of carbonyl (C=O) groups excluding carboxylic acids is 2. The van der Waals surface area contributed by atoms with Crippen LogP contribution in [0.4, 0.5) is 11.4 Å². The number of anilines is 2. The molecule has 0 radical (unpaired) electrons. The summed E-state index contributed by atoms with van der Waals surface area (Å²) in [5.74, 6) is -0.0864. The zero-order valence-corrected chi connectivity index (χ0v) is 21.6. The average molecular weight is 518 g/mol. The highest BCUT2D eigenvalue weighted by molar-refractivity contribution is 8.05. The maximum atomic E-state index is 13.7. The molecule has 1 heterocycles. The fourth-order valence-electron chi connectivity index (χ4n) is 3.81. The minimum atomic E-state index is -0.625. The standard InChI is InChI=1S/C28H24ClN3O3S/c1-17-8-11-20(14-18(17)2)32-27(34)25(15-19-9-12-21(35-3)13-10-19)36-28(32)22(16-30)26(33)31-24-7-5-4-6-23(24)29/h4-14,25H,15H2,1-3H3,(H,31,33)/b28-22-/t25-/m1/s1. The van der Waals surface area contributed by atoms with E-state index >= 15 is 0 Å². The summed E-state index contributed by atoms with van der Waals surface area (Å²) in [5, 5.41) is 12.9. The Morgan fingerprint density at radius 3 is 2.47 bits per heavy atom. The van der Waals surface area contributed by atoms with Gasteiger partial charge in [-0.1, -0.05) is 53.7 Å². The van der Waals surface area contributed by atoms with Crippen LogP contribution in [-0.2, 0) is 16.0 Å². The lowest BCUT2D eigenvalue weighted by Gasteiger charge is -2.20. The summed E-state index contributed by atoms with van der Waals surface area (Å²) in [7, 11) is 1.60. The van der Waals surface area contributed by atoms with Crippen molar-refractivity contribution in [3.8, 4) is 11.8 Å². The van der Waals surface area contributed by atoms with E-state index in [1.807, 2.05) is 62.4 Å². The highest BCUT2D eigenvalue weighted by atomic mass is 35.5. The van der Waals surface area contributed by atoms with Gasteiger partial charge in [0.05, 0.1) is 23.1 Å². The number of halogens is 1. The van der Waals surface area contributed by atoms with Gasteiger partial charge in [0.1, 0.15) is 22.4 Å². The van der Waals surface area contributed by atoms with Gasteiger partial charge in [-0.05, 0) is 73.4 Å². The quantitative estimate of drug-likeness (QED) is 0.319. The molecular weight excluding hydrogens is 494 g/mol. The van der Waals surface area contributed by atoms with Gasteiger partial charge in [0.2, 0.25) is 5.91 Å². The molecule has 3 aromatic rings. The molecule has 0 saturated carbocycles. The zero-order valence-electron chi connectivity index (χ0n) is 20.0. The SMILES string of the molecule is COc1ccc(C[C@H]2S/C(=C(/C#N)C(=O)Nc3ccccc3Cl)N(c3ccc(C)c(C)c3)C2=O)cc1. The van der Waals surface area contributed by atoms with Crippen molar-refractivity contribution in [3.63, 3.8) is 0 Å². The second-order valence-corrected chi connectivity index (χ2v) is 9.93. The van der Waals surface area contributed by atoms with E-state index in [0.29, 0.717) is 27.8 Å². The summed E-state index contributed by atoms with van der Waals surface area (Å²) >= 11 is 7.42.